The quantitative estimate of drug-likeness (QED) is 0.802. The maximum Gasteiger partial charge on any atom is 0.123 e. The fraction of sp³-hybridized carbons (Fsp3) is 0. The minimum absolute atomic E-state index is 0.359. The van der Waals surface area contributed by atoms with Crippen LogP contribution in [-0.4, -0.2) is 4.21 Å². The highest BCUT2D eigenvalue weighted by molar-refractivity contribution is 7.85. The average Bonchev–Trinajstić information content (AvgIpc) is 2.33. The molecule has 0 aromatic heterocycles. The monoisotopic (exact) mass is 250 g/mol. The van der Waals surface area contributed by atoms with E-state index < -0.39 is 10.8 Å². The third kappa shape index (κ3) is 2.45. The van der Waals surface area contributed by atoms with Crippen LogP contribution in [0, 0.1) is 5.82 Å². The molecule has 3 nitrogen and oxygen atoms in total. The van der Waals surface area contributed by atoms with Gasteiger partial charge in [0.25, 0.3) is 0 Å². The molecular weight excluding hydrogens is 239 g/mol. The third-order valence-electron chi connectivity index (χ3n) is 2.30. The summed E-state index contributed by atoms with van der Waals surface area (Å²) in [5.74, 6) is -0.359. The second kappa shape index (κ2) is 4.55. The van der Waals surface area contributed by atoms with E-state index in [4.69, 9.17) is 11.5 Å². The highest BCUT2D eigenvalue weighted by Crippen LogP contribution is 2.22. The van der Waals surface area contributed by atoms with E-state index in [1.807, 2.05) is 0 Å². The number of hydrogen-bond donors (Lipinski definition) is 2. The van der Waals surface area contributed by atoms with E-state index in [1.54, 1.807) is 18.2 Å². The highest BCUT2D eigenvalue weighted by Gasteiger charge is 2.08. The second-order valence-corrected chi connectivity index (χ2v) is 4.99. The Morgan fingerprint density at radius 2 is 1.47 bits per heavy atom. The molecule has 4 N–H and O–H groups in total. The van der Waals surface area contributed by atoms with Crippen molar-refractivity contribution in [3.63, 3.8) is 0 Å². The lowest BCUT2D eigenvalue weighted by Gasteiger charge is -2.05. The Bertz CT molecular complexity index is 569. The first-order chi connectivity index (χ1) is 8.08. The Morgan fingerprint density at radius 1 is 0.882 bits per heavy atom. The number of halogens is 1. The van der Waals surface area contributed by atoms with E-state index >= 15 is 0 Å². The van der Waals surface area contributed by atoms with Crippen molar-refractivity contribution in [2.24, 2.45) is 0 Å². The van der Waals surface area contributed by atoms with Crippen LogP contribution in [0.5, 0.6) is 0 Å². The topological polar surface area (TPSA) is 69.1 Å². The molecule has 0 spiro atoms. The molecule has 0 saturated heterocycles. The molecule has 0 heterocycles. The van der Waals surface area contributed by atoms with Crippen molar-refractivity contribution in [3.8, 4) is 0 Å². The molecule has 0 aliphatic carbocycles. The van der Waals surface area contributed by atoms with Gasteiger partial charge in [-0.2, -0.15) is 0 Å². The molecular formula is C12H11FN2OS. The second-order valence-electron chi connectivity index (χ2n) is 3.51. The van der Waals surface area contributed by atoms with Crippen molar-refractivity contribution in [3.05, 3.63) is 48.3 Å². The van der Waals surface area contributed by atoms with Crippen LogP contribution in [0.3, 0.4) is 0 Å². The molecule has 0 fully saturated rings. The zero-order valence-corrected chi connectivity index (χ0v) is 9.71. The predicted molar refractivity (Wildman–Crippen MR) is 66.3 cm³/mol. The molecule has 5 heteroatoms. The van der Waals surface area contributed by atoms with Crippen molar-refractivity contribution in [2.45, 2.75) is 9.79 Å². The number of nitrogen functional groups attached to an aromatic ring is 2. The lowest BCUT2D eigenvalue weighted by molar-refractivity contribution is 0.626. The van der Waals surface area contributed by atoms with Gasteiger partial charge in [-0.1, -0.05) is 0 Å². The molecule has 0 amide bonds. The summed E-state index contributed by atoms with van der Waals surface area (Å²) in [5, 5.41) is 0. The number of rotatable bonds is 2. The van der Waals surface area contributed by atoms with E-state index in [9.17, 15) is 8.60 Å². The Balaban J connectivity index is 2.37. The van der Waals surface area contributed by atoms with Crippen molar-refractivity contribution in [1.82, 2.24) is 0 Å². The van der Waals surface area contributed by atoms with Gasteiger partial charge in [-0.05, 0) is 42.5 Å². The van der Waals surface area contributed by atoms with Gasteiger partial charge in [-0.15, -0.1) is 0 Å². The van der Waals surface area contributed by atoms with Crippen LogP contribution < -0.4 is 11.5 Å². The Morgan fingerprint density at radius 3 is 2.06 bits per heavy atom. The normalized spacial score (nSPS) is 12.3. The molecule has 2 aromatic carbocycles. The lowest BCUT2D eigenvalue weighted by Crippen LogP contribution is -1.98. The molecule has 1 atom stereocenters. The molecule has 0 aliphatic heterocycles. The zero-order chi connectivity index (χ0) is 12.4. The maximum absolute atomic E-state index is 12.7. The highest BCUT2D eigenvalue weighted by atomic mass is 32.2. The van der Waals surface area contributed by atoms with E-state index in [-0.39, 0.29) is 5.82 Å². The number of anilines is 2. The van der Waals surface area contributed by atoms with Gasteiger partial charge in [-0.3, -0.25) is 0 Å². The first-order valence-corrected chi connectivity index (χ1v) is 6.05. The minimum Gasteiger partial charge on any atom is -0.397 e. The van der Waals surface area contributed by atoms with E-state index in [1.165, 1.54) is 24.3 Å². The Labute approximate surface area is 101 Å². The van der Waals surface area contributed by atoms with Crippen LogP contribution in [-0.2, 0) is 10.8 Å². The largest absolute Gasteiger partial charge is 0.397 e. The zero-order valence-electron chi connectivity index (χ0n) is 8.89. The molecule has 2 aromatic rings. The molecule has 0 bridgehead atoms. The molecule has 17 heavy (non-hydrogen) atoms. The number of hydrogen-bond acceptors (Lipinski definition) is 3. The average molecular weight is 250 g/mol. The van der Waals surface area contributed by atoms with Gasteiger partial charge in [0.2, 0.25) is 0 Å². The van der Waals surface area contributed by atoms with Gasteiger partial charge in [0.15, 0.2) is 0 Å². The van der Waals surface area contributed by atoms with Crippen LogP contribution >= 0.6 is 0 Å². The van der Waals surface area contributed by atoms with Crippen LogP contribution in [0.1, 0.15) is 0 Å². The molecule has 0 radical (unpaired) electrons. The van der Waals surface area contributed by atoms with Crippen LogP contribution in [0.25, 0.3) is 0 Å². The van der Waals surface area contributed by atoms with Crippen LogP contribution in [0.4, 0.5) is 15.8 Å². The minimum atomic E-state index is -1.38. The van der Waals surface area contributed by atoms with Crippen molar-refractivity contribution in [2.75, 3.05) is 11.5 Å². The van der Waals surface area contributed by atoms with Crippen LogP contribution in [0.2, 0.25) is 0 Å². The number of benzene rings is 2. The first-order valence-electron chi connectivity index (χ1n) is 4.90. The Hall–Kier alpha value is -1.88. The van der Waals surface area contributed by atoms with Gasteiger partial charge < -0.3 is 11.5 Å². The van der Waals surface area contributed by atoms with Gasteiger partial charge in [0.05, 0.1) is 22.2 Å². The van der Waals surface area contributed by atoms with Gasteiger partial charge >= 0.3 is 0 Å². The summed E-state index contributed by atoms with van der Waals surface area (Å²) in [6.45, 7) is 0. The molecule has 0 aliphatic rings. The molecule has 1 unspecified atom stereocenters. The van der Waals surface area contributed by atoms with Gasteiger partial charge in [0, 0.05) is 9.79 Å². The summed E-state index contributed by atoms with van der Waals surface area (Å²) in [6, 6.07) is 10.3. The fourth-order valence-corrected chi connectivity index (χ4v) is 2.44. The third-order valence-corrected chi connectivity index (χ3v) is 3.68. The van der Waals surface area contributed by atoms with Gasteiger partial charge in [0.1, 0.15) is 5.82 Å². The Kier molecular flexibility index (Phi) is 3.10. The predicted octanol–water partition coefficient (Wildman–Crippen LogP) is 2.16. The van der Waals surface area contributed by atoms with Crippen LogP contribution in [0.15, 0.2) is 52.3 Å². The van der Waals surface area contributed by atoms with Gasteiger partial charge in [-0.25, -0.2) is 8.60 Å². The molecule has 2 rings (SSSR count). The standard InChI is InChI=1S/C12H11FN2OS/c13-8-1-3-9(4-2-8)17(16)10-5-6-11(14)12(15)7-10/h1-7H,14-15H2. The van der Waals surface area contributed by atoms with E-state index in [0.29, 0.717) is 21.2 Å². The molecule has 88 valence electrons. The summed E-state index contributed by atoms with van der Waals surface area (Å²) >= 11 is 0. The van der Waals surface area contributed by atoms with E-state index in [0.717, 1.165) is 0 Å². The SMILES string of the molecule is Nc1ccc(S(=O)c2ccc(F)cc2)cc1N. The maximum atomic E-state index is 12.7. The summed E-state index contributed by atoms with van der Waals surface area (Å²) in [7, 11) is -1.38. The smallest absolute Gasteiger partial charge is 0.123 e. The summed E-state index contributed by atoms with van der Waals surface area (Å²) in [6.07, 6.45) is 0. The summed E-state index contributed by atoms with van der Waals surface area (Å²) in [4.78, 5) is 1.07. The molecule has 0 saturated carbocycles. The summed E-state index contributed by atoms with van der Waals surface area (Å²) in [5.41, 5.74) is 12.1. The fourth-order valence-electron chi connectivity index (χ4n) is 1.36. The number of nitrogens with two attached hydrogens (primary N) is 2. The van der Waals surface area contributed by atoms with Crippen molar-refractivity contribution < 1.29 is 8.60 Å². The first kappa shape index (κ1) is 11.6. The lowest BCUT2D eigenvalue weighted by atomic mass is 10.3. The van der Waals surface area contributed by atoms with Crippen molar-refractivity contribution >= 4 is 22.2 Å². The summed E-state index contributed by atoms with van der Waals surface area (Å²) < 4.78 is 24.8. The van der Waals surface area contributed by atoms with Crippen molar-refractivity contribution in [1.29, 1.82) is 0 Å². The van der Waals surface area contributed by atoms with E-state index in [2.05, 4.69) is 0 Å².